The van der Waals surface area contributed by atoms with Crippen molar-refractivity contribution in [3.63, 3.8) is 0 Å². The molecule has 2 aromatic rings. The van der Waals surface area contributed by atoms with Crippen LogP contribution in [0.2, 0.25) is 0 Å². The molecule has 0 aliphatic carbocycles. The second kappa shape index (κ2) is 7.53. The molecule has 1 aromatic carbocycles. The Morgan fingerprint density at radius 1 is 1.48 bits per heavy atom. The van der Waals surface area contributed by atoms with E-state index >= 15 is 0 Å². The van der Waals surface area contributed by atoms with Crippen LogP contribution in [-0.4, -0.2) is 39.1 Å². The number of ether oxygens (including phenoxy) is 1. The summed E-state index contributed by atoms with van der Waals surface area (Å²) in [5, 5.41) is 17.1. The normalized spacial score (nSPS) is 12.4. The summed E-state index contributed by atoms with van der Waals surface area (Å²) >= 11 is 3.44. The maximum absolute atomic E-state index is 9.89. The average molecular weight is 355 g/mol. The molecule has 0 spiro atoms. The van der Waals surface area contributed by atoms with Crippen molar-refractivity contribution in [2.24, 2.45) is 7.05 Å². The van der Waals surface area contributed by atoms with Gasteiger partial charge >= 0.3 is 0 Å². The number of aryl methyl sites for hydroxylation is 2. The van der Waals surface area contributed by atoms with Crippen molar-refractivity contribution in [1.29, 1.82) is 0 Å². The van der Waals surface area contributed by atoms with Crippen molar-refractivity contribution >= 4 is 15.9 Å². The zero-order valence-corrected chi connectivity index (χ0v) is 13.7. The summed E-state index contributed by atoms with van der Waals surface area (Å²) in [5.74, 6) is 1.43. The number of benzene rings is 1. The molecule has 1 atom stereocenters. The van der Waals surface area contributed by atoms with Crippen LogP contribution in [0.4, 0.5) is 0 Å². The van der Waals surface area contributed by atoms with Gasteiger partial charge in [-0.1, -0.05) is 6.07 Å². The average Bonchev–Trinajstić information content (AvgIpc) is 2.83. The Bertz CT molecular complexity index is 588. The SMILES string of the molecule is Cc1ccc(OCC(O)CNCc2ncn(C)n2)c(Br)c1. The van der Waals surface area contributed by atoms with Crippen LogP contribution in [0.15, 0.2) is 29.0 Å². The Morgan fingerprint density at radius 2 is 2.29 bits per heavy atom. The first-order valence-electron chi connectivity index (χ1n) is 6.67. The molecular formula is C14H19BrN4O2. The molecule has 0 saturated heterocycles. The Labute approximate surface area is 132 Å². The van der Waals surface area contributed by atoms with E-state index in [0.717, 1.165) is 15.8 Å². The molecule has 1 unspecified atom stereocenters. The number of aliphatic hydroxyl groups excluding tert-OH is 1. The Hall–Kier alpha value is -1.44. The van der Waals surface area contributed by atoms with E-state index in [9.17, 15) is 5.11 Å². The zero-order chi connectivity index (χ0) is 15.2. The van der Waals surface area contributed by atoms with Gasteiger partial charge in [0.25, 0.3) is 0 Å². The molecule has 0 aliphatic heterocycles. The minimum Gasteiger partial charge on any atom is -0.490 e. The predicted octanol–water partition coefficient (Wildman–Crippen LogP) is 1.42. The number of hydrogen-bond acceptors (Lipinski definition) is 5. The van der Waals surface area contributed by atoms with Crippen LogP contribution in [0.1, 0.15) is 11.4 Å². The molecular weight excluding hydrogens is 336 g/mol. The molecule has 7 heteroatoms. The highest BCUT2D eigenvalue weighted by atomic mass is 79.9. The fourth-order valence-electron chi connectivity index (χ4n) is 1.78. The van der Waals surface area contributed by atoms with E-state index in [1.165, 1.54) is 0 Å². The van der Waals surface area contributed by atoms with E-state index in [4.69, 9.17) is 4.74 Å². The Kier molecular flexibility index (Phi) is 5.72. The van der Waals surface area contributed by atoms with Crippen LogP contribution in [0.25, 0.3) is 0 Å². The van der Waals surface area contributed by atoms with Crippen molar-refractivity contribution < 1.29 is 9.84 Å². The molecule has 0 saturated carbocycles. The summed E-state index contributed by atoms with van der Waals surface area (Å²) in [4.78, 5) is 4.10. The number of nitrogens with zero attached hydrogens (tertiary/aromatic N) is 3. The minimum atomic E-state index is -0.595. The highest BCUT2D eigenvalue weighted by Gasteiger charge is 2.08. The predicted molar refractivity (Wildman–Crippen MR) is 83.1 cm³/mol. The van der Waals surface area contributed by atoms with Crippen molar-refractivity contribution in [3.05, 3.63) is 40.4 Å². The van der Waals surface area contributed by atoms with E-state index in [2.05, 4.69) is 31.3 Å². The third kappa shape index (κ3) is 5.11. The summed E-state index contributed by atoms with van der Waals surface area (Å²) in [6.07, 6.45) is 1.05. The fraction of sp³-hybridized carbons (Fsp3) is 0.429. The molecule has 1 heterocycles. The molecule has 1 aromatic heterocycles. The van der Waals surface area contributed by atoms with E-state index in [1.54, 1.807) is 11.0 Å². The molecule has 0 radical (unpaired) electrons. The number of aliphatic hydroxyl groups is 1. The first kappa shape index (κ1) is 15.9. The van der Waals surface area contributed by atoms with Gasteiger partial charge in [-0.15, -0.1) is 0 Å². The first-order valence-corrected chi connectivity index (χ1v) is 7.46. The lowest BCUT2D eigenvalue weighted by atomic mass is 10.2. The van der Waals surface area contributed by atoms with Crippen molar-refractivity contribution in [2.45, 2.75) is 19.6 Å². The summed E-state index contributed by atoms with van der Waals surface area (Å²) in [6, 6.07) is 5.83. The lowest BCUT2D eigenvalue weighted by Gasteiger charge is -2.14. The zero-order valence-electron chi connectivity index (χ0n) is 12.1. The van der Waals surface area contributed by atoms with Crippen LogP contribution < -0.4 is 10.1 Å². The molecule has 0 amide bonds. The summed E-state index contributed by atoms with van der Waals surface area (Å²) < 4.78 is 8.12. The van der Waals surface area contributed by atoms with Crippen LogP contribution in [0, 0.1) is 6.92 Å². The minimum absolute atomic E-state index is 0.226. The molecule has 6 nitrogen and oxygen atoms in total. The number of halogens is 1. The van der Waals surface area contributed by atoms with Crippen LogP contribution >= 0.6 is 15.9 Å². The molecule has 2 N–H and O–H groups in total. The smallest absolute Gasteiger partial charge is 0.164 e. The van der Waals surface area contributed by atoms with E-state index < -0.39 is 6.10 Å². The lowest BCUT2D eigenvalue weighted by molar-refractivity contribution is 0.105. The maximum Gasteiger partial charge on any atom is 0.164 e. The number of aromatic nitrogens is 3. The first-order chi connectivity index (χ1) is 10.0. The van der Waals surface area contributed by atoms with Gasteiger partial charge in [0.05, 0.1) is 11.0 Å². The van der Waals surface area contributed by atoms with E-state index in [0.29, 0.717) is 18.9 Å². The summed E-state index contributed by atoms with van der Waals surface area (Å²) in [5.41, 5.74) is 1.15. The standard InChI is InChI=1S/C14H19BrN4O2/c1-10-3-4-13(12(15)5-10)21-8-11(20)6-16-7-14-17-9-19(2)18-14/h3-5,9,11,16,20H,6-8H2,1-2H3. The second-order valence-electron chi connectivity index (χ2n) is 4.86. The number of nitrogens with one attached hydrogen (secondary N) is 1. The topological polar surface area (TPSA) is 72.2 Å². The molecule has 0 bridgehead atoms. The van der Waals surface area contributed by atoms with Gasteiger partial charge < -0.3 is 15.2 Å². The van der Waals surface area contributed by atoms with Gasteiger partial charge in [-0.3, -0.25) is 4.68 Å². The summed E-state index contributed by atoms with van der Waals surface area (Å²) in [6.45, 7) is 3.18. The molecule has 0 aliphatic rings. The van der Waals surface area contributed by atoms with Crippen molar-refractivity contribution in [2.75, 3.05) is 13.2 Å². The Morgan fingerprint density at radius 3 is 2.95 bits per heavy atom. The quantitative estimate of drug-likeness (QED) is 0.786. The van der Waals surface area contributed by atoms with Gasteiger partial charge in [0.2, 0.25) is 0 Å². The van der Waals surface area contributed by atoms with Gasteiger partial charge in [0.15, 0.2) is 5.82 Å². The Balaban J connectivity index is 1.70. The molecule has 21 heavy (non-hydrogen) atoms. The van der Waals surface area contributed by atoms with Gasteiger partial charge in [-0.2, -0.15) is 5.10 Å². The number of hydrogen-bond donors (Lipinski definition) is 2. The number of rotatable bonds is 7. The van der Waals surface area contributed by atoms with Gasteiger partial charge in [-0.05, 0) is 40.5 Å². The largest absolute Gasteiger partial charge is 0.490 e. The second-order valence-corrected chi connectivity index (χ2v) is 5.72. The third-order valence-electron chi connectivity index (χ3n) is 2.83. The van der Waals surface area contributed by atoms with E-state index in [1.807, 2.05) is 32.2 Å². The van der Waals surface area contributed by atoms with Gasteiger partial charge in [-0.25, -0.2) is 4.98 Å². The monoisotopic (exact) mass is 354 g/mol. The van der Waals surface area contributed by atoms with Gasteiger partial charge in [0.1, 0.15) is 24.8 Å². The van der Waals surface area contributed by atoms with Crippen molar-refractivity contribution in [3.8, 4) is 5.75 Å². The third-order valence-corrected chi connectivity index (χ3v) is 3.45. The van der Waals surface area contributed by atoms with Crippen molar-refractivity contribution in [1.82, 2.24) is 20.1 Å². The maximum atomic E-state index is 9.89. The van der Waals surface area contributed by atoms with Crippen LogP contribution in [0.3, 0.4) is 0 Å². The highest BCUT2D eigenvalue weighted by molar-refractivity contribution is 9.10. The fourth-order valence-corrected chi connectivity index (χ4v) is 2.39. The van der Waals surface area contributed by atoms with E-state index in [-0.39, 0.29) is 6.61 Å². The van der Waals surface area contributed by atoms with Crippen LogP contribution in [-0.2, 0) is 13.6 Å². The summed E-state index contributed by atoms with van der Waals surface area (Å²) in [7, 11) is 1.82. The van der Waals surface area contributed by atoms with Crippen LogP contribution in [0.5, 0.6) is 5.75 Å². The molecule has 2 rings (SSSR count). The molecule has 114 valence electrons. The highest BCUT2D eigenvalue weighted by Crippen LogP contribution is 2.25. The van der Waals surface area contributed by atoms with Gasteiger partial charge in [0, 0.05) is 13.6 Å². The lowest BCUT2D eigenvalue weighted by Crippen LogP contribution is -2.31. The molecule has 0 fully saturated rings.